The van der Waals surface area contributed by atoms with Crippen molar-refractivity contribution in [2.75, 3.05) is 12.4 Å². The van der Waals surface area contributed by atoms with E-state index in [1.165, 1.54) is 0 Å². The van der Waals surface area contributed by atoms with E-state index < -0.39 is 0 Å². The minimum atomic E-state index is 0.584. The van der Waals surface area contributed by atoms with Crippen molar-refractivity contribution in [1.29, 1.82) is 0 Å². The number of hydrogen-bond acceptors (Lipinski definition) is 5. The fourth-order valence-corrected chi connectivity index (χ4v) is 2.63. The van der Waals surface area contributed by atoms with Gasteiger partial charge in [0.15, 0.2) is 5.16 Å². The van der Waals surface area contributed by atoms with E-state index in [2.05, 4.69) is 21.7 Å². The molecule has 1 aromatic heterocycles. The third-order valence-electron chi connectivity index (χ3n) is 2.82. The van der Waals surface area contributed by atoms with Crippen LogP contribution in [0.15, 0.2) is 29.4 Å². The fraction of sp³-hybridized carbons (Fsp3) is 0.357. The molecule has 0 amide bonds. The van der Waals surface area contributed by atoms with Gasteiger partial charge in [-0.3, -0.25) is 4.79 Å². The molecule has 0 radical (unpaired) electrons. The molecule has 0 aliphatic heterocycles. The Morgan fingerprint density at radius 2 is 2.05 bits per heavy atom. The molecule has 0 fully saturated rings. The first-order valence-corrected chi connectivity index (χ1v) is 7.43. The lowest BCUT2D eigenvalue weighted by Crippen LogP contribution is -2.03. The van der Waals surface area contributed by atoms with Gasteiger partial charge in [0.2, 0.25) is 0 Å². The molecule has 0 atom stereocenters. The zero-order valence-electron chi connectivity index (χ0n) is 11.6. The van der Waals surface area contributed by atoms with Crippen LogP contribution >= 0.6 is 11.8 Å². The van der Waals surface area contributed by atoms with Gasteiger partial charge in [-0.2, -0.15) is 0 Å². The van der Waals surface area contributed by atoms with Crippen LogP contribution in [0.4, 0.5) is 0 Å². The Bertz CT molecular complexity index is 566. The van der Waals surface area contributed by atoms with Crippen LogP contribution in [0.5, 0.6) is 5.75 Å². The van der Waals surface area contributed by atoms with Crippen molar-refractivity contribution in [3.8, 4) is 5.75 Å². The number of thioether (sulfide) groups is 1. The van der Waals surface area contributed by atoms with E-state index in [-0.39, 0.29) is 0 Å². The summed E-state index contributed by atoms with van der Waals surface area (Å²) in [7, 11) is 0. The Balaban J connectivity index is 1.79. The Hall–Kier alpha value is -1.82. The molecule has 1 aromatic carbocycles. The minimum Gasteiger partial charge on any atom is -0.493 e. The van der Waals surface area contributed by atoms with E-state index in [9.17, 15) is 4.79 Å². The number of carbonyl (C=O) groups is 1. The van der Waals surface area contributed by atoms with Gasteiger partial charge in [-0.25, -0.2) is 0 Å². The minimum absolute atomic E-state index is 0.584. The SMILES string of the molecule is CCn1c(C)nnc1SCCOc1ccc(C=O)cc1. The third kappa shape index (κ3) is 3.60. The largest absolute Gasteiger partial charge is 0.493 e. The van der Waals surface area contributed by atoms with Crippen LogP contribution in [0.2, 0.25) is 0 Å². The second kappa shape index (κ2) is 7.09. The maximum Gasteiger partial charge on any atom is 0.191 e. The van der Waals surface area contributed by atoms with E-state index in [0.29, 0.717) is 12.2 Å². The molecule has 20 heavy (non-hydrogen) atoms. The number of nitrogens with zero attached hydrogens (tertiary/aromatic N) is 3. The monoisotopic (exact) mass is 291 g/mol. The van der Waals surface area contributed by atoms with Crippen LogP contribution in [0, 0.1) is 6.92 Å². The molecule has 0 aliphatic rings. The number of aldehydes is 1. The normalized spacial score (nSPS) is 10.5. The van der Waals surface area contributed by atoms with Gasteiger partial charge < -0.3 is 9.30 Å². The van der Waals surface area contributed by atoms with Crippen LogP contribution in [-0.4, -0.2) is 33.4 Å². The van der Waals surface area contributed by atoms with E-state index in [1.807, 2.05) is 6.92 Å². The Morgan fingerprint density at radius 1 is 1.30 bits per heavy atom. The average Bonchev–Trinajstić information content (AvgIpc) is 2.84. The quantitative estimate of drug-likeness (QED) is 0.446. The number of rotatable bonds is 7. The Morgan fingerprint density at radius 3 is 2.70 bits per heavy atom. The molecule has 2 aromatic rings. The molecule has 0 unspecified atom stereocenters. The molecule has 0 saturated carbocycles. The lowest BCUT2D eigenvalue weighted by atomic mass is 10.2. The summed E-state index contributed by atoms with van der Waals surface area (Å²) in [5.74, 6) is 2.50. The maximum absolute atomic E-state index is 10.5. The lowest BCUT2D eigenvalue weighted by Gasteiger charge is -2.07. The first-order chi connectivity index (χ1) is 9.74. The molecule has 0 N–H and O–H groups in total. The van der Waals surface area contributed by atoms with E-state index in [4.69, 9.17) is 4.74 Å². The van der Waals surface area contributed by atoms with Crippen LogP contribution in [0.3, 0.4) is 0 Å². The van der Waals surface area contributed by atoms with Crippen LogP contribution in [0.25, 0.3) is 0 Å². The number of aryl methyl sites for hydroxylation is 1. The van der Waals surface area contributed by atoms with Gasteiger partial charge in [0.05, 0.1) is 6.61 Å². The number of aromatic nitrogens is 3. The van der Waals surface area contributed by atoms with Crippen molar-refractivity contribution in [2.24, 2.45) is 0 Å². The zero-order valence-corrected chi connectivity index (χ0v) is 12.4. The van der Waals surface area contributed by atoms with Gasteiger partial charge in [0.1, 0.15) is 17.9 Å². The molecule has 0 aliphatic carbocycles. The second-order valence-corrected chi connectivity index (χ2v) is 5.22. The molecular weight excluding hydrogens is 274 g/mol. The van der Waals surface area contributed by atoms with Crippen molar-refractivity contribution >= 4 is 18.0 Å². The molecule has 6 heteroatoms. The van der Waals surface area contributed by atoms with Crippen LogP contribution < -0.4 is 4.74 Å². The molecule has 106 valence electrons. The first kappa shape index (κ1) is 14.6. The summed E-state index contributed by atoms with van der Waals surface area (Å²) in [5.41, 5.74) is 0.651. The number of hydrogen-bond donors (Lipinski definition) is 0. The van der Waals surface area contributed by atoms with Gasteiger partial charge in [-0.15, -0.1) is 10.2 Å². The number of ether oxygens (including phenoxy) is 1. The summed E-state index contributed by atoms with van der Waals surface area (Å²) in [6, 6.07) is 7.08. The van der Waals surface area contributed by atoms with Crippen molar-refractivity contribution in [3.05, 3.63) is 35.7 Å². The van der Waals surface area contributed by atoms with Gasteiger partial charge in [0.25, 0.3) is 0 Å². The van der Waals surface area contributed by atoms with E-state index >= 15 is 0 Å². The smallest absolute Gasteiger partial charge is 0.191 e. The molecule has 2 rings (SSSR count). The average molecular weight is 291 g/mol. The molecule has 0 spiro atoms. The van der Waals surface area contributed by atoms with Crippen molar-refractivity contribution < 1.29 is 9.53 Å². The Kier molecular flexibility index (Phi) is 5.17. The lowest BCUT2D eigenvalue weighted by molar-refractivity contribution is 0.112. The highest BCUT2D eigenvalue weighted by Crippen LogP contribution is 2.17. The summed E-state index contributed by atoms with van der Waals surface area (Å²) < 4.78 is 7.69. The highest BCUT2D eigenvalue weighted by Gasteiger charge is 2.07. The van der Waals surface area contributed by atoms with Crippen molar-refractivity contribution in [2.45, 2.75) is 25.5 Å². The third-order valence-corrected chi connectivity index (χ3v) is 3.75. The predicted molar refractivity (Wildman–Crippen MR) is 78.5 cm³/mol. The predicted octanol–water partition coefficient (Wildman–Crippen LogP) is 2.59. The van der Waals surface area contributed by atoms with Gasteiger partial charge in [0, 0.05) is 17.9 Å². The summed E-state index contributed by atoms with van der Waals surface area (Å²) in [6.07, 6.45) is 0.819. The first-order valence-electron chi connectivity index (χ1n) is 6.45. The number of carbonyl (C=O) groups excluding carboxylic acids is 1. The summed E-state index contributed by atoms with van der Waals surface area (Å²) in [5, 5.41) is 9.12. The highest BCUT2D eigenvalue weighted by molar-refractivity contribution is 7.99. The van der Waals surface area contributed by atoms with Crippen molar-refractivity contribution in [3.63, 3.8) is 0 Å². The fourth-order valence-electron chi connectivity index (χ4n) is 1.77. The van der Waals surface area contributed by atoms with E-state index in [0.717, 1.165) is 35.3 Å². The van der Waals surface area contributed by atoms with Gasteiger partial charge >= 0.3 is 0 Å². The maximum atomic E-state index is 10.5. The molecular formula is C14H17N3O2S. The zero-order chi connectivity index (χ0) is 14.4. The highest BCUT2D eigenvalue weighted by atomic mass is 32.2. The van der Waals surface area contributed by atoms with E-state index in [1.54, 1.807) is 36.0 Å². The summed E-state index contributed by atoms with van der Waals surface area (Å²) >= 11 is 1.63. The molecule has 1 heterocycles. The second-order valence-electron chi connectivity index (χ2n) is 4.16. The van der Waals surface area contributed by atoms with Crippen molar-refractivity contribution in [1.82, 2.24) is 14.8 Å². The topological polar surface area (TPSA) is 57.0 Å². The summed E-state index contributed by atoms with van der Waals surface area (Å²) in [6.45, 7) is 5.48. The molecule has 0 saturated heterocycles. The molecule has 0 bridgehead atoms. The van der Waals surface area contributed by atoms with Crippen LogP contribution in [-0.2, 0) is 6.54 Å². The summed E-state index contributed by atoms with van der Waals surface area (Å²) in [4.78, 5) is 10.5. The Labute approximate surface area is 122 Å². The van der Waals surface area contributed by atoms with Crippen LogP contribution in [0.1, 0.15) is 23.1 Å². The van der Waals surface area contributed by atoms with Gasteiger partial charge in [-0.1, -0.05) is 11.8 Å². The van der Waals surface area contributed by atoms with Gasteiger partial charge in [-0.05, 0) is 38.1 Å². The standard InChI is InChI=1S/C14H17N3O2S/c1-3-17-11(2)15-16-14(17)20-9-8-19-13-6-4-12(10-18)5-7-13/h4-7,10H,3,8-9H2,1-2H3. The molecule has 5 nitrogen and oxygen atoms in total. The number of benzene rings is 1.